The van der Waals surface area contributed by atoms with Gasteiger partial charge in [0.15, 0.2) is 0 Å². The predicted octanol–water partition coefficient (Wildman–Crippen LogP) is 0.513. The predicted molar refractivity (Wildman–Crippen MR) is 74.6 cm³/mol. The lowest BCUT2D eigenvalue weighted by atomic mass is 9.84. The quantitative estimate of drug-likeness (QED) is 0.710. The third-order valence-corrected chi connectivity index (χ3v) is 3.93. The van der Waals surface area contributed by atoms with Gasteiger partial charge in [0, 0.05) is 12.6 Å². The molecule has 2 saturated heterocycles. The van der Waals surface area contributed by atoms with Gasteiger partial charge < -0.3 is 24.8 Å². The van der Waals surface area contributed by atoms with Crippen molar-refractivity contribution >= 4 is 12.1 Å². The fraction of sp³-hybridized carbons (Fsp3) is 0.857. The number of esters is 1. The maximum atomic E-state index is 12.1. The Hall–Kier alpha value is -1.34. The van der Waals surface area contributed by atoms with Crippen LogP contribution in [-0.2, 0) is 19.0 Å². The van der Waals surface area contributed by atoms with Crippen molar-refractivity contribution in [3.63, 3.8) is 0 Å². The van der Waals surface area contributed by atoms with Crippen LogP contribution >= 0.6 is 0 Å². The minimum absolute atomic E-state index is 0.294. The number of methoxy groups -OCH3 is 1. The van der Waals surface area contributed by atoms with Crippen molar-refractivity contribution in [2.75, 3.05) is 26.8 Å². The van der Waals surface area contributed by atoms with E-state index in [2.05, 4.69) is 0 Å². The number of carbonyl (C=O) groups excluding carboxylic acids is 2. The van der Waals surface area contributed by atoms with Gasteiger partial charge in [0.25, 0.3) is 0 Å². The van der Waals surface area contributed by atoms with Gasteiger partial charge in [-0.05, 0) is 27.2 Å². The summed E-state index contributed by atoms with van der Waals surface area (Å²) in [6.45, 7) is 6.52. The zero-order valence-corrected chi connectivity index (χ0v) is 13.0. The molecule has 7 nitrogen and oxygen atoms in total. The van der Waals surface area contributed by atoms with E-state index >= 15 is 0 Å². The zero-order valence-electron chi connectivity index (χ0n) is 13.0. The van der Waals surface area contributed by atoms with E-state index in [1.807, 2.05) is 20.8 Å². The first-order chi connectivity index (χ1) is 9.68. The second-order valence-corrected chi connectivity index (χ2v) is 6.69. The highest BCUT2D eigenvalue weighted by atomic mass is 16.6. The second kappa shape index (κ2) is 5.46. The van der Waals surface area contributed by atoms with Crippen LogP contribution in [0.3, 0.4) is 0 Å². The Morgan fingerprint density at radius 2 is 2.05 bits per heavy atom. The number of nitrogens with two attached hydrogens (primary N) is 1. The molecule has 120 valence electrons. The molecule has 0 aromatic heterocycles. The Labute approximate surface area is 124 Å². The molecule has 0 saturated carbocycles. The van der Waals surface area contributed by atoms with Crippen LogP contribution in [0.2, 0.25) is 0 Å². The van der Waals surface area contributed by atoms with Crippen LogP contribution in [0, 0.1) is 5.92 Å². The number of hydrogen-bond donors (Lipinski definition) is 1. The third-order valence-electron chi connectivity index (χ3n) is 3.93. The van der Waals surface area contributed by atoms with E-state index in [4.69, 9.17) is 19.9 Å². The van der Waals surface area contributed by atoms with Crippen LogP contribution in [0.15, 0.2) is 0 Å². The normalized spacial score (nSPS) is 32.5. The summed E-state index contributed by atoms with van der Waals surface area (Å²) in [5.41, 5.74) is 4.67. The summed E-state index contributed by atoms with van der Waals surface area (Å²) in [5.74, 6) is -0.930. The van der Waals surface area contributed by atoms with Crippen molar-refractivity contribution in [2.45, 2.75) is 44.4 Å². The van der Waals surface area contributed by atoms with Crippen LogP contribution in [0.5, 0.6) is 0 Å². The lowest BCUT2D eigenvalue weighted by Crippen LogP contribution is -2.48. The highest BCUT2D eigenvalue weighted by Crippen LogP contribution is 2.40. The molecular formula is C14H24N2O5. The zero-order chi connectivity index (χ0) is 15.8. The smallest absolute Gasteiger partial charge is 0.410 e. The monoisotopic (exact) mass is 300 g/mol. The van der Waals surface area contributed by atoms with E-state index in [-0.39, 0.29) is 5.97 Å². The van der Waals surface area contributed by atoms with Crippen molar-refractivity contribution in [2.24, 2.45) is 11.7 Å². The second-order valence-electron chi connectivity index (χ2n) is 6.69. The van der Waals surface area contributed by atoms with Gasteiger partial charge in [0.2, 0.25) is 0 Å². The maximum Gasteiger partial charge on any atom is 0.410 e. The molecule has 2 N–H and O–H groups in total. The molecule has 0 aliphatic carbocycles. The van der Waals surface area contributed by atoms with Crippen molar-refractivity contribution < 1.29 is 23.8 Å². The molecule has 3 unspecified atom stereocenters. The van der Waals surface area contributed by atoms with Gasteiger partial charge in [0.1, 0.15) is 17.1 Å². The molecule has 0 bridgehead atoms. The number of likely N-dealkylation sites (tertiary alicyclic amines) is 1. The molecule has 0 aromatic rings. The molecule has 2 aliphatic rings. The summed E-state index contributed by atoms with van der Waals surface area (Å²) in [6.07, 6.45) is 0.159. The molecule has 0 radical (unpaired) electrons. The molecule has 2 rings (SSSR count). The van der Waals surface area contributed by atoms with E-state index in [9.17, 15) is 9.59 Å². The number of ether oxygens (including phenoxy) is 3. The topological polar surface area (TPSA) is 91.1 Å². The van der Waals surface area contributed by atoms with Crippen LogP contribution in [0.1, 0.15) is 27.2 Å². The van der Waals surface area contributed by atoms with Gasteiger partial charge >= 0.3 is 12.1 Å². The lowest BCUT2D eigenvalue weighted by Gasteiger charge is -2.30. The van der Waals surface area contributed by atoms with Crippen molar-refractivity contribution in [1.29, 1.82) is 0 Å². The largest absolute Gasteiger partial charge is 0.469 e. The highest BCUT2D eigenvalue weighted by Gasteiger charge is 2.57. The Bertz CT molecular complexity index is 434. The van der Waals surface area contributed by atoms with Crippen LogP contribution in [-0.4, -0.2) is 61.0 Å². The molecular weight excluding hydrogens is 276 g/mol. The third kappa shape index (κ3) is 3.13. The molecule has 1 amide bonds. The van der Waals surface area contributed by atoms with Gasteiger partial charge in [-0.1, -0.05) is 0 Å². The number of amides is 1. The van der Waals surface area contributed by atoms with Crippen molar-refractivity contribution in [3.05, 3.63) is 0 Å². The highest BCUT2D eigenvalue weighted by molar-refractivity contribution is 5.76. The molecule has 1 spiro atoms. The molecule has 3 atom stereocenters. The summed E-state index contributed by atoms with van der Waals surface area (Å²) in [4.78, 5) is 25.7. The summed E-state index contributed by atoms with van der Waals surface area (Å²) in [5, 5.41) is 0. The minimum atomic E-state index is -0.747. The number of carbonyl (C=O) groups is 2. The van der Waals surface area contributed by atoms with Gasteiger partial charge in [-0.15, -0.1) is 0 Å². The molecule has 2 aliphatic heterocycles. The first-order valence-electron chi connectivity index (χ1n) is 7.14. The maximum absolute atomic E-state index is 12.1. The number of nitrogens with zero attached hydrogens (tertiary/aromatic N) is 1. The Balaban J connectivity index is 2.09. The van der Waals surface area contributed by atoms with E-state index in [0.717, 1.165) is 0 Å². The SMILES string of the molecule is COC(=O)C1C(N)COC12CCN(C(=O)OC(C)(C)C)C2. The van der Waals surface area contributed by atoms with Gasteiger partial charge in [-0.2, -0.15) is 0 Å². The first-order valence-corrected chi connectivity index (χ1v) is 7.14. The summed E-state index contributed by atoms with van der Waals surface area (Å²) in [6, 6.07) is -0.406. The fourth-order valence-electron chi connectivity index (χ4n) is 3.01. The number of rotatable bonds is 1. The van der Waals surface area contributed by atoms with Gasteiger partial charge in [0.05, 0.1) is 20.3 Å². The van der Waals surface area contributed by atoms with E-state index < -0.39 is 29.3 Å². The molecule has 2 fully saturated rings. The molecule has 0 aromatic carbocycles. The van der Waals surface area contributed by atoms with E-state index in [1.54, 1.807) is 4.90 Å². The Kier molecular flexibility index (Phi) is 4.17. The number of hydrogen-bond acceptors (Lipinski definition) is 6. The molecule has 7 heteroatoms. The van der Waals surface area contributed by atoms with E-state index in [1.165, 1.54) is 7.11 Å². The Morgan fingerprint density at radius 1 is 1.38 bits per heavy atom. The van der Waals surface area contributed by atoms with Crippen molar-refractivity contribution in [3.8, 4) is 0 Å². The first kappa shape index (κ1) is 16.0. The standard InChI is InChI=1S/C14H24N2O5/c1-13(2,3)21-12(18)16-6-5-14(8-16)10(11(17)19-4)9(15)7-20-14/h9-10H,5-8,15H2,1-4H3. The van der Waals surface area contributed by atoms with Crippen LogP contribution < -0.4 is 5.73 Å². The van der Waals surface area contributed by atoms with Gasteiger partial charge in [-0.3, -0.25) is 4.79 Å². The average molecular weight is 300 g/mol. The van der Waals surface area contributed by atoms with Crippen LogP contribution in [0.4, 0.5) is 4.79 Å². The Morgan fingerprint density at radius 3 is 2.62 bits per heavy atom. The lowest BCUT2D eigenvalue weighted by molar-refractivity contribution is -0.151. The summed E-state index contributed by atoms with van der Waals surface area (Å²) in [7, 11) is 1.33. The van der Waals surface area contributed by atoms with Crippen LogP contribution in [0.25, 0.3) is 0 Å². The van der Waals surface area contributed by atoms with E-state index in [0.29, 0.717) is 26.1 Å². The fourth-order valence-corrected chi connectivity index (χ4v) is 3.01. The minimum Gasteiger partial charge on any atom is -0.469 e. The van der Waals surface area contributed by atoms with Crippen molar-refractivity contribution in [1.82, 2.24) is 4.90 Å². The summed E-state index contributed by atoms with van der Waals surface area (Å²) >= 11 is 0. The van der Waals surface area contributed by atoms with Gasteiger partial charge in [-0.25, -0.2) is 4.79 Å². The average Bonchev–Trinajstić information content (AvgIpc) is 2.93. The summed E-state index contributed by atoms with van der Waals surface area (Å²) < 4.78 is 16.0. The molecule has 21 heavy (non-hydrogen) atoms. The molecule has 2 heterocycles.